The number of carboxylic acids is 1. The number of benzene rings is 3. The summed E-state index contributed by atoms with van der Waals surface area (Å²) in [5.41, 5.74) is 1.56. The summed E-state index contributed by atoms with van der Waals surface area (Å²) < 4.78 is 17.1. The molecule has 1 aromatic heterocycles. The van der Waals surface area contributed by atoms with Crippen LogP contribution in [0.25, 0.3) is 22.3 Å². The van der Waals surface area contributed by atoms with Crippen LogP contribution in [-0.2, 0) is 6.61 Å². The van der Waals surface area contributed by atoms with E-state index in [-0.39, 0.29) is 29.1 Å². The van der Waals surface area contributed by atoms with E-state index in [1.54, 1.807) is 55.6 Å². The number of methoxy groups -OCH3 is 1. The summed E-state index contributed by atoms with van der Waals surface area (Å²) in [6.45, 7) is 0.0554. The minimum atomic E-state index is -1.01. The molecule has 0 saturated carbocycles. The van der Waals surface area contributed by atoms with Gasteiger partial charge in [-0.25, -0.2) is 4.79 Å². The topological polar surface area (TPSA) is 86.0 Å². The van der Waals surface area contributed by atoms with Crippen molar-refractivity contribution in [3.8, 4) is 22.8 Å². The van der Waals surface area contributed by atoms with Gasteiger partial charge in [0.25, 0.3) is 0 Å². The molecule has 4 aromatic rings. The predicted octanol–water partition coefficient (Wildman–Crippen LogP) is 5.40. The van der Waals surface area contributed by atoms with E-state index >= 15 is 0 Å². The molecule has 0 fully saturated rings. The Bertz CT molecular complexity index is 1310. The van der Waals surface area contributed by atoms with Crippen molar-refractivity contribution in [1.82, 2.24) is 0 Å². The monoisotopic (exact) mass is 436 g/mol. The van der Waals surface area contributed by atoms with Crippen molar-refractivity contribution >= 4 is 28.5 Å². The van der Waals surface area contributed by atoms with Gasteiger partial charge in [0.2, 0.25) is 11.2 Å². The molecule has 0 bridgehead atoms. The number of ether oxygens (including phenoxy) is 2. The van der Waals surface area contributed by atoms with Gasteiger partial charge in [-0.1, -0.05) is 23.7 Å². The summed E-state index contributed by atoms with van der Waals surface area (Å²) in [5.74, 6) is -0.0205. The molecule has 0 amide bonds. The summed E-state index contributed by atoms with van der Waals surface area (Å²) in [6.07, 6.45) is 0. The zero-order valence-corrected chi connectivity index (χ0v) is 17.2. The average Bonchev–Trinajstić information content (AvgIpc) is 2.79. The normalized spacial score (nSPS) is 10.8. The molecular weight excluding hydrogens is 420 g/mol. The lowest BCUT2D eigenvalue weighted by Gasteiger charge is -2.12. The molecule has 0 unspecified atom stereocenters. The number of hydrogen-bond donors (Lipinski definition) is 1. The fourth-order valence-electron chi connectivity index (χ4n) is 3.11. The van der Waals surface area contributed by atoms with Crippen molar-refractivity contribution in [1.29, 1.82) is 0 Å². The fraction of sp³-hybridized carbons (Fsp3) is 0.0833. The third-order valence-corrected chi connectivity index (χ3v) is 4.98. The van der Waals surface area contributed by atoms with Crippen molar-refractivity contribution in [2.24, 2.45) is 0 Å². The summed E-state index contributed by atoms with van der Waals surface area (Å²) in [4.78, 5) is 24.2. The summed E-state index contributed by atoms with van der Waals surface area (Å²) >= 11 is 6.06. The Balaban J connectivity index is 1.77. The lowest BCUT2D eigenvalue weighted by molar-refractivity contribution is 0.0697. The highest BCUT2D eigenvalue weighted by Gasteiger charge is 2.18. The van der Waals surface area contributed by atoms with Gasteiger partial charge in [0.05, 0.1) is 18.1 Å². The largest absolute Gasteiger partial charge is 0.497 e. The van der Waals surface area contributed by atoms with Crippen LogP contribution in [0.1, 0.15) is 15.9 Å². The first kappa shape index (κ1) is 20.5. The van der Waals surface area contributed by atoms with Crippen LogP contribution in [0, 0.1) is 0 Å². The first-order chi connectivity index (χ1) is 15.0. The molecule has 7 heteroatoms. The van der Waals surface area contributed by atoms with Crippen molar-refractivity contribution in [2.75, 3.05) is 7.11 Å². The molecule has 0 aliphatic heterocycles. The predicted molar refractivity (Wildman–Crippen MR) is 117 cm³/mol. The molecule has 0 saturated heterocycles. The maximum absolute atomic E-state index is 13.2. The minimum absolute atomic E-state index is 0.0437. The number of halogens is 1. The van der Waals surface area contributed by atoms with E-state index in [4.69, 9.17) is 30.6 Å². The van der Waals surface area contributed by atoms with Crippen LogP contribution >= 0.6 is 11.6 Å². The van der Waals surface area contributed by atoms with Crippen LogP contribution in [0.2, 0.25) is 5.02 Å². The van der Waals surface area contributed by atoms with Gasteiger partial charge in [-0.15, -0.1) is 0 Å². The standard InChI is InChI=1S/C24H17ClO6/c1-29-18-9-6-15(7-10-18)22-23(21(26)19-12-17(25)8-11-20(19)31-22)30-13-14-2-4-16(5-3-14)24(27)28/h2-12H,13H2,1H3,(H,27,28). The molecular formula is C24H17ClO6. The zero-order valence-electron chi connectivity index (χ0n) is 16.4. The van der Waals surface area contributed by atoms with E-state index in [1.165, 1.54) is 18.2 Å². The number of aromatic carboxylic acids is 1. The smallest absolute Gasteiger partial charge is 0.335 e. The zero-order chi connectivity index (χ0) is 22.0. The molecule has 31 heavy (non-hydrogen) atoms. The molecule has 0 aliphatic rings. The van der Waals surface area contributed by atoms with Gasteiger partial charge in [0.15, 0.2) is 5.76 Å². The van der Waals surface area contributed by atoms with Crippen LogP contribution in [0.3, 0.4) is 0 Å². The van der Waals surface area contributed by atoms with Gasteiger partial charge in [0, 0.05) is 10.6 Å². The Labute approximate surface area is 182 Å². The van der Waals surface area contributed by atoms with Crippen LogP contribution < -0.4 is 14.9 Å². The second-order valence-electron chi connectivity index (χ2n) is 6.75. The van der Waals surface area contributed by atoms with Crippen molar-refractivity contribution in [2.45, 2.75) is 6.61 Å². The summed E-state index contributed by atoms with van der Waals surface area (Å²) in [6, 6.07) is 18.1. The highest BCUT2D eigenvalue weighted by Crippen LogP contribution is 2.33. The molecule has 1 N–H and O–H groups in total. The van der Waals surface area contributed by atoms with Crippen LogP contribution in [0.5, 0.6) is 11.5 Å². The third-order valence-electron chi connectivity index (χ3n) is 4.75. The lowest BCUT2D eigenvalue weighted by Crippen LogP contribution is -2.10. The summed E-state index contributed by atoms with van der Waals surface area (Å²) in [5, 5.41) is 9.75. The molecule has 156 valence electrons. The van der Waals surface area contributed by atoms with Crippen LogP contribution in [0.4, 0.5) is 0 Å². The molecule has 0 atom stereocenters. The molecule has 6 nitrogen and oxygen atoms in total. The van der Waals surface area contributed by atoms with Crippen molar-refractivity contribution < 1.29 is 23.8 Å². The fourth-order valence-corrected chi connectivity index (χ4v) is 3.29. The number of hydrogen-bond acceptors (Lipinski definition) is 5. The Morgan fingerprint density at radius 1 is 1.03 bits per heavy atom. The summed E-state index contributed by atoms with van der Waals surface area (Å²) in [7, 11) is 1.57. The van der Waals surface area contributed by atoms with Gasteiger partial charge >= 0.3 is 5.97 Å². The van der Waals surface area contributed by atoms with Gasteiger partial charge in [0.1, 0.15) is 17.9 Å². The first-order valence-electron chi connectivity index (χ1n) is 9.32. The maximum atomic E-state index is 13.2. The van der Waals surface area contributed by atoms with Crippen LogP contribution in [-0.4, -0.2) is 18.2 Å². The number of rotatable bonds is 6. The van der Waals surface area contributed by atoms with E-state index in [1.807, 2.05) is 0 Å². The quantitative estimate of drug-likeness (QED) is 0.435. The number of fused-ring (bicyclic) bond motifs is 1. The van der Waals surface area contributed by atoms with E-state index in [9.17, 15) is 9.59 Å². The molecule has 0 spiro atoms. The molecule has 0 radical (unpaired) electrons. The van der Waals surface area contributed by atoms with Gasteiger partial charge in [-0.2, -0.15) is 0 Å². The molecule has 4 rings (SSSR count). The van der Waals surface area contributed by atoms with Gasteiger partial charge in [-0.05, 0) is 60.2 Å². The van der Waals surface area contributed by atoms with Crippen molar-refractivity contribution in [3.05, 3.63) is 93.1 Å². The second-order valence-corrected chi connectivity index (χ2v) is 7.19. The van der Waals surface area contributed by atoms with E-state index in [0.717, 1.165) is 0 Å². The number of carboxylic acid groups (broad SMARTS) is 1. The molecule has 3 aromatic carbocycles. The second kappa shape index (κ2) is 8.53. The van der Waals surface area contributed by atoms with Gasteiger partial charge < -0.3 is 19.0 Å². The Kier molecular flexibility index (Phi) is 5.64. The molecule has 0 aliphatic carbocycles. The third kappa shape index (κ3) is 4.25. The SMILES string of the molecule is COc1ccc(-c2oc3ccc(Cl)cc3c(=O)c2OCc2ccc(C(=O)O)cc2)cc1. The Hall–Kier alpha value is -3.77. The number of carbonyl (C=O) groups is 1. The maximum Gasteiger partial charge on any atom is 0.335 e. The van der Waals surface area contributed by atoms with Crippen LogP contribution in [0.15, 0.2) is 75.9 Å². The van der Waals surface area contributed by atoms with Crippen molar-refractivity contribution in [3.63, 3.8) is 0 Å². The van der Waals surface area contributed by atoms with E-state index in [0.29, 0.717) is 32.9 Å². The minimum Gasteiger partial charge on any atom is -0.497 e. The highest BCUT2D eigenvalue weighted by molar-refractivity contribution is 6.31. The lowest BCUT2D eigenvalue weighted by atomic mass is 10.1. The molecule has 1 heterocycles. The van der Waals surface area contributed by atoms with E-state index < -0.39 is 5.97 Å². The first-order valence-corrected chi connectivity index (χ1v) is 9.70. The average molecular weight is 437 g/mol. The van der Waals surface area contributed by atoms with Gasteiger partial charge in [-0.3, -0.25) is 4.79 Å². The van der Waals surface area contributed by atoms with E-state index in [2.05, 4.69) is 0 Å². The Morgan fingerprint density at radius 2 is 1.74 bits per heavy atom. The Morgan fingerprint density at radius 3 is 2.39 bits per heavy atom. The highest BCUT2D eigenvalue weighted by atomic mass is 35.5.